The Kier molecular flexibility index (Phi) is 8.07. The number of rotatable bonds is 9. The zero-order valence-corrected chi connectivity index (χ0v) is 20.1. The third kappa shape index (κ3) is 5.29. The molecule has 0 unspecified atom stereocenters. The zero-order chi connectivity index (χ0) is 24.9. The number of nitrogens with zero attached hydrogens (tertiary/aromatic N) is 3. The van der Waals surface area contributed by atoms with Crippen LogP contribution in [0.3, 0.4) is 0 Å². The van der Waals surface area contributed by atoms with E-state index in [1.807, 2.05) is 4.90 Å². The molecule has 0 spiro atoms. The normalized spacial score (nSPS) is 14.2. The molecule has 34 heavy (non-hydrogen) atoms. The van der Waals surface area contributed by atoms with Crippen molar-refractivity contribution in [2.24, 2.45) is 0 Å². The molecule has 0 aromatic heterocycles. The Labute approximate surface area is 198 Å². The molecule has 0 atom stereocenters. The molecular weight excluding hydrogens is 464 g/mol. The van der Waals surface area contributed by atoms with E-state index in [0.717, 1.165) is 0 Å². The molecule has 2 aromatic carbocycles. The number of carbonyl (C=O) groups excluding carboxylic acids is 1. The summed E-state index contributed by atoms with van der Waals surface area (Å²) in [6.45, 7) is 6.02. The summed E-state index contributed by atoms with van der Waals surface area (Å²) in [5, 5.41) is 14.3. The van der Waals surface area contributed by atoms with Crippen LogP contribution in [0.5, 0.6) is 5.75 Å². The Bertz CT molecular complexity index is 1160. The second-order valence-corrected chi connectivity index (χ2v) is 9.40. The van der Waals surface area contributed by atoms with E-state index >= 15 is 0 Å². The van der Waals surface area contributed by atoms with Crippen LogP contribution in [0.2, 0.25) is 0 Å². The molecule has 2 aromatic rings. The van der Waals surface area contributed by atoms with Gasteiger partial charge in [-0.05, 0) is 30.3 Å². The molecule has 1 fully saturated rings. The molecule has 1 heterocycles. The van der Waals surface area contributed by atoms with Gasteiger partial charge >= 0.3 is 0 Å². The van der Waals surface area contributed by atoms with E-state index in [2.05, 4.69) is 5.32 Å². The van der Waals surface area contributed by atoms with E-state index in [1.54, 1.807) is 13.8 Å². The van der Waals surface area contributed by atoms with Crippen LogP contribution in [0.15, 0.2) is 41.3 Å². The Morgan fingerprint density at radius 1 is 1.18 bits per heavy atom. The highest BCUT2D eigenvalue weighted by Crippen LogP contribution is 2.32. The zero-order valence-electron chi connectivity index (χ0n) is 19.3. The first kappa shape index (κ1) is 25.4. The number of nitro benzene ring substituents is 1. The fourth-order valence-electron chi connectivity index (χ4n) is 3.73. The highest BCUT2D eigenvalue weighted by Gasteiger charge is 2.25. The fraction of sp³-hybridized carbons (Fsp3) is 0.409. The number of sulfonamides is 1. The number of morpholine rings is 1. The molecule has 3 rings (SSSR count). The number of methoxy groups -OCH3 is 1. The van der Waals surface area contributed by atoms with E-state index in [0.29, 0.717) is 45.1 Å². The van der Waals surface area contributed by atoms with Crippen molar-refractivity contribution in [3.05, 3.63) is 52.1 Å². The van der Waals surface area contributed by atoms with Gasteiger partial charge in [-0.2, -0.15) is 4.31 Å². The molecule has 1 aliphatic rings. The number of nitro groups is 1. The van der Waals surface area contributed by atoms with Crippen molar-refractivity contribution < 1.29 is 27.6 Å². The number of hydrogen-bond donors (Lipinski definition) is 1. The molecule has 1 N–H and O–H groups in total. The van der Waals surface area contributed by atoms with Gasteiger partial charge in [-0.15, -0.1) is 0 Å². The van der Waals surface area contributed by atoms with Crippen molar-refractivity contribution >= 4 is 33.0 Å². The molecule has 1 saturated heterocycles. The van der Waals surface area contributed by atoms with E-state index in [-0.39, 0.29) is 27.6 Å². The van der Waals surface area contributed by atoms with Gasteiger partial charge < -0.3 is 19.7 Å². The number of anilines is 2. The Morgan fingerprint density at radius 3 is 2.44 bits per heavy atom. The molecule has 0 radical (unpaired) electrons. The topological polar surface area (TPSA) is 131 Å². The predicted octanol–water partition coefficient (Wildman–Crippen LogP) is 2.72. The van der Waals surface area contributed by atoms with Crippen molar-refractivity contribution in [2.45, 2.75) is 18.7 Å². The lowest BCUT2D eigenvalue weighted by molar-refractivity contribution is -0.384. The van der Waals surface area contributed by atoms with E-state index in [9.17, 15) is 23.3 Å². The van der Waals surface area contributed by atoms with Crippen molar-refractivity contribution in [2.75, 3.05) is 56.7 Å². The summed E-state index contributed by atoms with van der Waals surface area (Å²) in [7, 11) is -2.37. The lowest BCUT2D eigenvalue weighted by atomic mass is 10.1. The monoisotopic (exact) mass is 492 g/mol. The molecule has 12 heteroatoms. The van der Waals surface area contributed by atoms with Gasteiger partial charge in [0.1, 0.15) is 11.4 Å². The number of amides is 1. The van der Waals surface area contributed by atoms with Gasteiger partial charge in [0.05, 0.1) is 35.8 Å². The third-order valence-corrected chi connectivity index (χ3v) is 7.59. The molecule has 11 nitrogen and oxygen atoms in total. The van der Waals surface area contributed by atoms with Crippen molar-refractivity contribution in [1.29, 1.82) is 0 Å². The Morgan fingerprint density at radius 2 is 1.85 bits per heavy atom. The number of nitrogens with one attached hydrogen (secondary N) is 1. The highest BCUT2D eigenvalue weighted by molar-refractivity contribution is 7.89. The maximum Gasteiger partial charge on any atom is 0.293 e. The second kappa shape index (κ2) is 10.8. The summed E-state index contributed by atoms with van der Waals surface area (Å²) < 4.78 is 37.7. The first-order valence-electron chi connectivity index (χ1n) is 10.8. The van der Waals surface area contributed by atoms with Crippen molar-refractivity contribution in [3.63, 3.8) is 0 Å². The molecule has 0 aliphatic carbocycles. The smallest absolute Gasteiger partial charge is 0.293 e. The highest BCUT2D eigenvalue weighted by atomic mass is 32.2. The predicted molar refractivity (Wildman–Crippen MR) is 127 cm³/mol. The minimum Gasteiger partial charge on any atom is -0.495 e. The van der Waals surface area contributed by atoms with Gasteiger partial charge in [-0.1, -0.05) is 13.8 Å². The molecule has 0 saturated carbocycles. The average molecular weight is 493 g/mol. The first-order chi connectivity index (χ1) is 16.2. The minimum absolute atomic E-state index is 0.000876. The van der Waals surface area contributed by atoms with Crippen LogP contribution in [0, 0.1) is 10.1 Å². The van der Waals surface area contributed by atoms with Crippen LogP contribution in [-0.4, -0.2) is 70.1 Å². The molecule has 0 bridgehead atoms. The minimum atomic E-state index is -3.76. The van der Waals surface area contributed by atoms with E-state index < -0.39 is 20.9 Å². The maximum atomic E-state index is 13.0. The molecular formula is C22H28N4O7S. The van der Waals surface area contributed by atoms with Gasteiger partial charge in [0.2, 0.25) is 10.0 Å². The summed E-state index contributed by atoms with van der Waals surface area (Å²) in [5.74, 6) is -0.376. The van der Waals surface area contributed by atoms with Gasteiger partial charge in [0.15, 0.2) is 0 Å². The van der Waals surface area contributed by atoms with E-state index in [1.165, 1.54) is 47.8 Å². The lowest BCUT2D eigenvalue weighted by Crippen LogP contribution is -2.36. The SMILES string of the molecule is CCN(CC)S(=O)(=O)c1ccc(OC)c(NC(=O)c2ccc(N3CCOCC3)c([N+](=O)[O-])c2)c1. The van der Waals surface area contributed by atoms with Crippen LogP contribution < -0.4 is 15.0 Å². The van der Waals surface area contributed by atoms with Gasteiger partial charge in [0, 0.05) is 37.8 Å². The summed E-state index contributed by atoms with van der Waals surface area (Å²) >= 11 is 0. The van der Waals surface area contributed by atoms with Crippen LogP contribution in [0.4, 0.5) is 17.1 Å². The number of carbonyl (C=O) groups is 1. The quantitative estimate of drug-likeness (QED) is 0.418. The number of benzene rings is 2. The van der Waals surface area contributed by atoms with E-state index in [4.69, 9.17) is 9.47 Å². The van der Waals surface area contributed by atoms with Crippen LogP contribution >= 0.6 is 0 Å². The van der Waals surface area contributed by atoms with Crippen LogP contribution in [0.25, 0.3) is 0 Å². The number of ether oxygens (including phenoxy) is 2. The molecule has 184 valence electrons. The summed E-state index contributed by atoms with van der Waals surface area (Å²) in [6, 6.07) is 8.43. The van der Waals surface area contributed by atoms with Crippen LogP contribution in [-0.2, 0) is 14.8 Å². The Balaban J connectivity index is 1.93. The molecule has 1 amide bonds. The second-order valence-electron chi connectivity index (χ2n) is 7.47. The van der Waals surface area contributed by atoms with Gasteiger partial charge in [-0.3, -0.25) is 14.9 Å². The fourth-order valence-corrected chi connectivity index (χ4v) is 5.22. The summed E-state index contributed by atoms with van der Waals surface area (Å²) in [6.07, 6.45) is 0. The first-order valence-corrected chi connectivity index (χ1v) is 12.3. The maximum absolute atomic E-state index is 13.0. The number of hydrogen-bond acceptors (Lipinski definition) is 8. The van der Waals surface area contributed by atoms with Gasteiger partial charge in [-0.25, -0.2) is 8.42 Å². The summed E-state index contributed by atoms with van der Waals surface area (Å²) in [4.78, 5) is 26.0. The van der Waals surface area contributed by atoms with Crippen molar-refractivity contribution in [3.8, 4) is 5.75 Å². The van der Waals surface area contributed by atoms with Crippen molar-refractivity contribution in [1.82, 2.24) is 4.31 Å². The van der Waals surface area contributed by atoms with Gasteiger partial charge in [0.25, 0.3) is 11.6 Å². The average Bonchev–Trinajstić information content (AvgIpc) is 2.84. The lowest BCUT2D eigenvalue weighted by Gasteiger charge is -2.28. The molecule has 1 aliphatic heterocycles. The van der Waals surface area contributed by atoms with Crippen LogP contribution in [0.1, 0.15) is 24.2 Å². The third-order valence-electron chi connectivity index (χ3n) is 5.55. The Hall–Kier alpha value is -3.22. The standard InChI is InChI=1S/C22H28N4O7S/c1-4-25(5-2)34(30,31)17-7-9-21(32-3)18(15-17)23-22(27)16-6-8-19(20(14-16)26(28)29)24-10-12-33-13-11-24/h6-9,14-15H,4-5,10-13H2,1-3H3,(H,23,27). The summed E-state index contributed by atoms with van der Waals surface area (Å²) in [5.41, 5.74) is 0.414. The largest absolute Gasteiger partial charge is 0.495 e.